The Bertz CT molecular complexity index is 980. The molecule has 0 N–H and O–H groups in total. The van der Waals surface area contributed by atoms with Crippen molar-refractivity contribution in [2.24, 2.45) is 0 Å². The first kappa shape index (κ1) is 14.1. The van der Waals surface area contributed by atoms with Gasteiger partial charge in [0.2, 0.25) is 0 Å². The van der Waals surface area contributed by atoms with E-state index in [1.165, 1.54) is 10.9 Å². The molecule has 0 amide bonds. The highest BCUT2D eigenvalue weighted by Crippen LogP contribution is 2.34. The highest BCUT2D eigenvalue weighted by atomic mass is 35.5. The standard InChI is InChI=1S/C21H15ClO/c1-14-19-7-2-3-8-20(19)23-21(14)17-6-4-5-16(13-17)15-9-11-18(22)12-10-15/h2-13H,1H3. The summed E-state index contributed by atoms with van der Waals surface area (Å²) in [6.45, 7) is 2.11. The van der Waals surface area contributed by atoms with Gasteiger partial charge < -0.3 is 4.42 Å². The van der Waals surface area contributed by atoms with E-state index in [1.54, 1.807) is 0 Å². The van der Waals surface area contributed by atoms with E-state index in [0.29, 0.717) is 0 Å². The topological polar surface area (TPSA) is 13.1 Å². The van der Waals surface area contributed by atoms with Gasteiger partial charge in [-0.1, -0.05) is 60.1 Å². The third-order valence-corrected chi connectivity index (χ3v) is 4.40. The van der Waals surface area contributed by atoms with Gasteiger partial charge in [-0.05, 0) is 42.3 Å². The number of hydrogen-bond donors (Lipinski definition) is 0. The Morgan fingerprint density at radius 1 is 0.739 bits per heavy atom. The summed E-state index contributed by atoms with van der Waals surface area (Å²) < 4.78 is 6.07. The van der Waals surface area contributed by atoms with Gasteiger partial charge in [-0.15, -0.1) is 0 Å². The summed E-state index contributed by atoms with van der Waals surface area (Å²) in [4.78, 5) is 0. The van der Waals surface area contributed by atoms with Gasteiger partial charge >= 0.3 is 0 Å². The number of fused-ring (bicyclic) bond motifs is 1. The summed E-state index contributed by atoms with van der Waals surface area (Å²) in [5.74, 6) is 0.932. The largest absolute Gasteiger partial charge is 0.456 e. The third kappa shape index (κ3) is 2.54. The van der Waals surface area contributed by atoms with Crippen molar-refractivity contribution >= 4 is 22.6 Å². The fraction of sp³-hybridized carbons (Fsp3) is 0.0476. The summed E-state index contributed by atoms with van der Waals surface area (Å²) in [6.07, 6.45) is 0. The van der Waals surface area contributed by atoms with Crippen LogP contribution in [-0.2, 0) is 0 Å². The van der Waals surface area contributed by atoms with Crippen LogP contribution in [0.4, 0.5) is 0 Å². The van der Waals surface area contributed by atoms with Gasteiger partial charge in [0.05, 0.1) is 0 Å². The second-order valence-electron chi connectivity index (χ2n) is 5.64. The molecule has 112 valence electrons. The molecule has 0 spiro atoms. The molecule has 4 rings (SSSR count). The summed E-state index contributed by atoms with van der Waals surface area (Å²) in [5, 5.41) is 1.91. The summed E-state index contributed by atoms with van der Waals surface area (Å²) in [6, 6.07) is 24.5. The molecule has 0 saturated heterocycles. The van der Waals surface area contributed by atoms with Crippen LogP contribution < -0.4 is 0 Å². The molecular formula is C21H15ClO. The molecular weight excluding hydrogens is 304 g/mol. The number of hydrogen-bond acceptors (Lipinski definition) is 1. The zero-order chi connectivity index (χ0) is 15.8. The van der Waals surface area contributed by atoms with E-state index < -0.39 is 0 Å². The smallest absolute Gasteiger partial charge is 0.138 e. The van der Waals surface area contributed by atoms with E-state index in [-0.39, 0.29) is 0 Å². The van der Waals surface area contributed by atoms with Gasteiger partial charge in [0.15, 0.2) is 0 Å². The lowest BCUT2D eigenvalue weighted by Crippen LogP contribution is -1.81. The van der Waals surface area contributed by atoms with Crippen LogP contribution in [0.1, 0.15) is 5.56 Å². The zero-order valence-electron chi connectivity index (χ0n) is 12.7. The van der Waals surface area contributed by atoms with Gasteiger partial charge in [-0.25, -0.2) is 0 Å². The predicted molar refractivity (Wildman–Crippen MR) is 96.8 cm³/mol. The fourth-order valence-corrected chi connectivity index (χ4v) is 3.06. The first-order chi connectivity index (χ1) is 11.2. The third-order valence-electron chi connectivity index (χ3n) is 4.15. The quantitative estimate of drug-likeness (QED) is 0.399. The lowest BCUT2D eigenvalue weighted by Gasteiger charge is -2.05. The lowest BCUT2D eigenvalue weighted by molar-refractivity contribution is 0.629. The first-order valence-electron chi connectivity index (χ1n) is 7.57. The minimum absolute atomic E-state index is 0.748. The van der Waals surface area contributed by atoms with E-state index in [4.69, 9.17) is 16.0 Å². The lowest BCUT2D eigenvalue weighted by atomic mass is 10.0. The summed E-state index contributed by atoms with van der Waals surface area (Å²) in [7, 11) is 0. The molecule has 0 bridgehead atoms. The van der Waals surface area contributed by atoms with Gasteiger partial charge in [0.25, 0.3) is 0 Å². The average Bonchev–Trinajstić information content (AvgIpc) is 2.93. The molecule has 0 unspecified atom stereocenters. The first-order valence-corrected chi connectivity index (χ1v) is 7.95. The average molecular weight is 319 g/mol. The highest BCUT2D eigenvalue weighted by Gasteiger charge is 2.12. The Hall–Kier alpha value is -2.51. The second-order valence-corrected chi connectivity index (χ2v) is 6.08. The molecule has 4 aromatic rings. The van der Waals surface area contributed by atoms with Crippen LogP contribution >= 0.6 is 11.6 Å². The minimum atomic E-state index is 0.748. The molecule has 1 aromatic heterocycles. The molecule has 0 radical (unpaired) electrons. The maximum atomic E-state index is 6.07. The molecule has 3 aromatic carbocycles. The van der Waals surface area contributed by atoms with Gasteiger partial charge in [0.1, 0.15) is 11.3 Å². The van der Waals surface area contributed by atoms with Crippen LogP contribution in [0.25, 0.3) is 33.4 Å². The van der Waals surface area contributed by atoms with E-state index >= 15 is 0 Å². The van der Waals surface area contributed by atoms with E-state index in [2.05, 4.69) is 37.3 Å². The molecule has 0 aliphatic heterocycles. The predicted octanol–water partition coefficient (Wildman–Crippen LogP) is 6.73. The number of aryl methyl sites for hydroxylation is 1. The van der Waals surface area contributed by atoms with Crippen molar-refractivity contribution in [2.75, 3.05) is 0 Å². The molecule has 2 heteroatoms. The molecule has 0 aliphatic rings. The number of benzene rings is 3. The van der Waals surface area contributed by atoms with Crippen LogP contribution in [-0.4, -0.2) is 0 Å². The van der Waals surface area contributed by atoms with Crippen molar-refractivity contribution in [3.63, 3.8) is 0 Å². The van der Waals surface area contributed by atoms with Gasteiger partial charge in [0, 0.05) is 21.5 Å². The van der Waals surface area contributed by atoms with Crippen molar-refractivity contribution in [1.82, 2.24) is 0 Å². The molecule has 0 fully saturated rings. The van der Waals surface area contributed by atoms with Crippen LogP contribution in [0, 0.1) is 6.92 Å². The van der Waals surface area contributed by atoms with Crippen LogP contribution in [0.3, 0.4) is 0 Å². The highest BCUT2D eigenvalue weighted by molar-refractivity contribution is 6.30. The van der Waals surface area contributed by atoms with E-state index in [9.17, 15) is 0 Å². The monoisotopic (exact) mass is 318 g/mol. The molecule has 1 nitrogen and oxygen atoms in total. The summed E-state index contributed by atoms with van der Waals surface area (Å²) in [5.41, 5.74) is 5.49. The molecule has 0 saturated carbocycles. The van der Waals surface area contributed by atoms with Crippen molar-refractivity contribution in [3.8, 4) is 22.5 Å². The van der Waals surface area contributed by atoms with Crippen molar-refractivity contribution in [2.45, 2.75) is 6.92 Å². The maximum absolute atomic E-state index is 6.07. The van der Waals surface area contributed by atoms with E-state index in [1.807, 2.05) is 42.5 Å². The van der Waals surface area contributed by atoms with Crippen molar-refractivity contribution in [1.29, 1.82) is 0 Å². The Morgan fingerprint density at radius 3 is 2.26 bits per heavy atom. The number of furan rings is 1. The summed E-state index contributed by atoms with van der Waals surface area (Å²) >= 11 is 5.98. The van der Waals surface area contributed by atoms with Gasteiger partial charge in [-0.2, -0.15) is 0 Å². The SMILES string of the molecule is Cc1c(-c2cccc(-c3ccc(Cl)cc3)c2)oc2ccccc12. The van der Waals surface area contributed by atoms with Crippen LogP contribution in [0.15, 0.2) is 77.2 Å². The van der Waals surface area contributed by atoms with Crippen LogP contribution in [0.2, 0.25) is 5.02 Å². The Labute approximate surface area is 140 Å². The number of rotatable bonds is 2. The molecule has 0 atom stereocenters. The van der Waals surface area contributed by atoms with Crippen LogP contribution in [0.5, 0.6) is 0 Å². The zero-order valence-corrected chi connectivity index (χ0v) is 13.5. The Kier molecular flexibility index (Phi) is 3.44. The Balaban J connectivity index is 1.84. The van der Waals surface area contributed by atoms with Crippen molar-refractivity contribution in [3.05, 3.63) is 83.4 Å². The number of halogens is 1. The van der Waals surface area contributed by atoms with Gasteiger partial charge in [-0.3, -0.25) is 0 Å². The van der Waals surface area contributed by atoms with E-state index in [0.717, 1.165) is 33.1 Å². The maximum Gasteiger partial charge on any atom is 0.138 e. The second kappa shape index (κ2) is 5.60. The normalized spacial score (nSPS) is 11.0. The van der Waals surface area contributed by atoms with Crippen molar-refractivity contribution < 1.29 is 4.42 Å². The number of para-hydroxylation sites is 1. The fourth-order valence-electron chi connectivity index (χ4n) is 2.93. The Morgan fingerprint density at radius 2 is 1.48 bits per heavy atom. The molecule has 23 heavy (non-hydrogen) atoms. The molecule has 0 aliphatic carbocycles. The minimum Gasteiger partial charge on any atom is -0.456 e. The molecule has 1 heterocycles.